The van der Waals surface area contributed by atoms with Crippen molar-refractivity contribution in [3.8, 4) is 0 Å². The average molecular weight is 293 g/mol. The van der Waals surface area contributed by atoms with Gasteiger partial charge >= 0.3 is 5.97 Å². The van der Waals surface area contributed by atoms with Crippen LogP contribution in [0.4, 0.5) is 0 Å². The summed E-state index contributed by atoms with van der Waals surface area (Å²) in [7, 11) is 1.27. The minimum Gasteiger partial charge on any atom is -0.467 e. The molecule has 1 aromatic carbocycles. The second-order valence-electron chi connectivity index (χ2n) is 5.42. The Bertz CT molecular complexity index is 459. The molecule has 1 rings (SSSR count). The van der Waals surface area contributed by atoms with E-state index in [1.54, 1.807) is 0 Å². The number of methoxy groups -OCH3 is 1. The van der Waals surface area contributed by atoms with Crippen molar-refractivity contribution in [3.05, 3.63) is 35.9 Å². The molecule has 0 heterocycles. The number of rotatable bonds is 7. The first-order valence-corrected chi connectivity index (χ1v) is 7.04. The molecule has 1 aromatic rings. The van der Waals surface area contributed by atoms with Crippen LogP contribution in [0.3, 0.4) is 0 Å². The van der Waals surface area contributed by atoms with Gasteiger partial charge in [0.1, 0.15) is 12.1 Å². The number of ether oxygens (including phenoxy) is 1. The van der Waals surface area contributed by atoms with E-state index in [1.807, 2.05) is 44.2 Å². The summed E-state index contributed by atoms with van der Waals surface area (Å²) < 4.78 is 4.71. The van der Waals surface area contributed by atoms with Gasteiger partial charge in [0.2, 0.25) is 5.91 Å². The summed E-state index contributed by atoms with van der Waals surface area (Å²) in [5.74, 6) is -0.879. The number of aliphatic hydroxyl groups is 1. The molecule has 0 aliphatic rings. The summed E-state index contributed by atoms with van der Waals surface area (Å²) in [4.78, 5) is 23.7. The molecule has 0 saturated carbocycles. The first kappa shape index (κ1) is 17.2. The van der Waals surface area contributed by atoms with Crippen LogP contribution in [-0.2, 0) is 20.7 Å². The van der Waals surface area contributed by atoms with E-state index >= 15 is 0 Å². The Morgan fingerprint density at radius 3 is 2.38 bits per heavy atom. The van der Waals surface area contributed by atoms with Gasteiger partial charge in [-0.3, -0.25) is 4.79 Å². The third-order valence-corrected chi connectivity index (χ3v) is 3.08. The standard InChI is InChI=1S/C16H23NO4/c1-11(2)9-14(18)15(19)17-13(16(20)21-3)10-12-7-5-4-6-8-12/h4-8,11,13-14,18H,9-10H2,1-3H3,(H,17,19)/t13-,14+/m1/s1. The molecule has 2 atom stereocenters. The minimum atomic E-state index is -1.12. The van der Waals surface area contributed by atoms with Gasteiger partial charge in [-0.25, -0.2) is 4.79 Å². The molecular weight excluding hydrogens is 270 g/mol. The molecule has 0 spiro atoms. The molecule has 5 heteroatoms. The number of hydrogen-bond donors (Lipinski definition) is 2. The molecule has 0 aliphatic carbocycles. The van der Waals surface area contributed by atoms with Crippen molar-refractivity contribution >= 4 is 11.9 Å². The molecule has 2 N–H and O–H groups in total. The second-order valence-corrected chi connectivity index (χ2v) is 5.42. The Hall–Kier alpha value is -1.88. The molecule has 0 bridgehead atoms. The Kier molecular flexibility index (Phi) is 6.88. The van der Waals surface area contributed by atoms with Crippen LogP contribution >= 0.6 is 0 Å². The molecule has 0 aromatic heterocycles. The van der Waals surface area contributed by atoms with E-state index in [9.17, 15) is 14.7 Å². The van der Waals surface area contributed by atoms with Crippen molar-refractivity contribution in [3.63, 3.8) is 0 Å². The third kappa shape index (κ3) is 5.95. The average Bonchev–Trinajstić information content (AvgIpc) is 2.46. The van der Waals surface area contributed by atoms with Crippen molar-refractivity contribution in [2.75, 3.05) is 7.11 Å². The lowest BCUT2D eigenvalue weighted by molar-refractivity contribution is -0.146. The Morgan fingerprint density at radius 1 is 1.24 bits per heavy atom. The lowest BCUT2D eigenvalue weighted by atomic mass is 10.0. The van der Waals surface area contributed by atoms with E-state index in [0.717, 1.165) is 5.56 Å². The highest BCUT2D eigenvalue weighted by molar-refractivity contribution is 5.86. The fraction of sp³-hybridized carbons (Fsp3) is 0.500. The third-order valence-electron chi connectivity index (χ3n) is 3.08. The number of hydrogen-bond acceptors (Lipinski definition) is 4. The van der Waals surface area contributed by atoms with Gasteiger partial charge in [-0.15, -0.1) is 0 Å². The van der Waals surface area contributed by atoms with Gasteiger partial charge in [-0.2, -0.15) is 0 Å². The molecule has 116 valence electrons. The van der Waals surface area contributed by atoms with Crippen molar-refractivity contribution in [1.82, 2.24) is 5.32 Å². The predicted molar refractivity (Wildman–Crippen MR) is 79.6 cm³/mol. The molecule has 0 saturated heterocycles. The van der Waals surface area contributed by atoms with Crippen LogP contribution in [0.15, 0.2) is 30.3 Å². The zero-order valence-corrected chi connectivity index (χ0v) is 12.7. The van der Waals surface area contributed by atoms with Gasteiger partial charge in [-0.1, -0.05) is 44.2 Å². The van der Waals surface area contributed by atoms with E-state index in [-0.39, 0.29) is 5.92 Å². The Labute approximate surface area is 125 Å². The SMILES string of the molecule is COC(=O)[C@@H](Cc1ccccc1)NC(=O)[C@@H](O)CC(C)C. The van der Waals surface area contributed by atoms with Crippen molar-refractivity contribution in [1.29, 1.82) is 0 Å². The van der Waals surface area contributed by atoms with E-state index in [2.05, 4.69) is 5.32 Å². The van der Waals surface area contributed by atoms with E-state index in [1.165, 1.54) is 7.11 Å². The van der Waals surface area contributed by atoms with Crippen molar-refractivity contribution in [2.45, 2.75) is 38.8 Å². The van der Waals surface area contributed by atoms with Crippen LogP contribution in [0.5, 0.6) is 0 Å². The number of amides is 1. The molecule has 21 heavy (non-hydrogen) atoms. The van der Waals surface area contributed by atoms with Gasteiger partial charge in [0, 0.05) is 6.42 Å². The predicted octanol–water partition coefficient (Wildman–Crippen LogP) is 1.29. The van der Waals surface area contributed by atoms with Crippen molar-refractivity contribution in [2.24, 2.45) is 5.92 Å². The van der Waals surface area contributed by atoms with Crippen LogP contribution in [0.25, 0.3) is 0 Å². The van der Waals surface area contributed by atoms with E-state index < -0.39 is 24.0 Å². The highest BCUT2D eigenvalue weighted by atomic mass is 16.5. The highest BCUT2D eigenvalue weighted by Crippen LogP contribution is 2.07. The Balaban J connectivity index is 2.70. The van der Waals surface area contributed by atoms with Crippen LogP contribution < -0.4 is 5.32 Å². The number of carbonyl (C=O) groups excluding carboxylic acids is 2. The zero-order valence-electron chi connectivity index (χ0n) is 12.7. The Morgan fingerprint density at radius 2 is 1.86 bits per heavy atom. The van der Waals surface area contributed by atoms with Gasteiger partial charge in [0.05, 0.1) is 7.11 Å². The zero-order chi connectivity index (χ0) is 15.8. The fourth-order valence-electron chi connectivity index (χ4n) is 2.01. The van der Waals surface area contributed by atoms with Crippen LogP contribution in [0.1, 0.15) is 25.8 Å². The van der Waals surface area contributed by atoms with Gasteiger partial charge in [0.25, 0.3) is 0 Å². The molecule has 0 radical (unpaired) electrons. The molecule has 0 fully saturated rings. The summed E-state index contributed by atoms with van der Waals surface area (Å²) in [6, 6.07) is 8.53. The number of nitrogens with one attached hydrogen (secondary N) is 1. The number of carbonyl (C=O) groups is 2. The van der Waals surface area contributed by atoms with Crippen LogP contribution in [0.2, 0.25) is 0 Å². The maximum atomic E-state index is 11.9. The summed E-state index contributed by atoms with van der Waals surface area (Å²) in [6.45, 7) is 3.83. The molecular formula is C16H23NO4. The smallest absolute Gasteiger partial charge is 0.328 e. The fourth-order valence-corrected chi connectivity index (χ4v) is 2.01. The number of esters is 1. The summed E-state index contributed by atoms with van der Waals surface area (Å²) in [5, 5.41) is 12.4. The lowest BCUT2D eigenvalue weighted by Crippen LogP contribution is -2.47. The molecule has 0 aliphatic heterocycles. The summed E-state index contributed by atoms with van der Waals surface area (Å²) in [6.07, 6.45) is -0.438. The second kappa shape index (κ2) is 8.42. The lowest BCUT2D eigenvalue weighted by Gasteiger charge is -2.19. The largest absolute Gasteiger partial charge is 0.467 e. The van der Waals surface area contributed by atoms with Crippen LogP contribution in [0, 0.1) is 5.92 Å². The number of benzene rings is 1. The van der Waals surface area contributed by atoms with Gasteiger partial charge in [0.15, 0.2) is 0 Å². The summed E-state index contributed by atoms with van der Waals surface area (Å²) >= 11 is 0. The summed E-state index contributed by atoms with van der Waals surface area (Å²) in [5.41, 5.74) is 0.909. The topological polar surface area (TPSA) is 75.6 Å². The van der Waals surface area contributed by atoms with E-state index in [0.29, 0.717) is 12.8 Å². The molecule has 1 amide bonds. The first-order chi connectivity index (χ1) is 9.93. The van der Waals surface area contributed by atoms with Gasteiger partial charge in [-0.05, 0) is 17.9 Å². The van der Waals surface area contributed by atoms with Crippen molar-refractivity contribution < 1.29 is 19.4 Å². The monoisotopic (exact) mass is 293 g/mol. The minimum absolute atomic E-state index is 0.191. The quantitative estimate of drug-likeness (QED) is 0.743. The first-order valence-electron chi connectivity index (χ1n) is 7.04. The maximum Gasteiger partial charge on any atom is 0.328 e. The van der Waals surface area contributed by atoms with Gasteiger partial charge < -0.3 is 15.2 Å². The molecule has 5 nitrogen and oxygen atoms in total. The number of aliphatic hydroxyl groups excluding tert-OH is 1. The highest BCUT2D eigenvalue weighted by Gasteiger charge is 2.25. The van der Waals surface area contributed by atoms with Crippen LogP contribution in [-0.4, -0.2) is 36.2 Å². The maximum absolute atomic E-state index is 11.9. The molecule has 0 unspecified atom stereocenters. The normalized spacial score (nSPS) is 13.6. The van der Waals surface area contributed by atoms with E-state index in [4.69, 9.17) is 4.74 Å².